The number of rotatable bonds is 4. The number of amides is 1. The van der Waals surface area contributed by atoms with E-state index < -0.39 is 0 Å². The van der Waals surface area contributed by atoms with Crippen LogP contribution < -0.4 is 15.4 Å². The zero-order valence-corrected chi connectivity index (χ0v) is 15.3. The van der Waals surface area contributed by atoms with Crippen molar-refractivity contribution in [2.75, 3.05) is 13.1 Å². The van der Waals surface area contributed by atoms with Gasteiger partial charge < -0.3 is 15.4 Å². The fraction of sp³-hybridized carbons (Fsp3) is 0.632. The van der Waals surface area contributed by atoms with Gasteiger partial charge in [0.25, 0.3) is 5.91 Å². The number of hydrogen-bond donors (Lipinski definition) is 2. The van der Waals surface area contributed by atoms with Crippen molar-refractivity contribution in [2.45, 2.75) is 57.1 Å². The molecule has 1 saturated carbocycles. The van der Waals surface area contributed by atoms with Gasteiger partial charge in [0.05, 0.1) is 5.39 Å². The first kappa shape index (κ1) is 17.3. The largest absolute Gasteiger partial charge is 0.474 e. The summed E-state index contributed by atoms with van der Waals surface area (Å²) < 4.78 is 7.72. The van der Waals surface area contributed by atoms with Gasteiger partial charge in [-0.2, -0.15) is 10.1 Å². The Kier molecular flexibility index (Phi) is 5.06. The highest BCUT2D eigenvalue weighted by molar-refractivity contribution is 6.04. The molecule has 26 heavy (non-hydrogen) atoms. The lowest BCUT2D eigenvalue weighted by Crippen LogP contribution is -2.42. The molecule has 7 nitrogen and oxygen atoms in total. The molecular weight excluding hydrogens is 330 g/mol. The van der Waals surface area contributed by atoms with Gasteiger partial charge in [-0.05, 0) is 57.7 Å². The Labute approximate surface area is 153 Å². The van der Waals surface area contributed by atoms with Crippen molar-refractivity contribution in [1.29, 1.82) is 0 Å². The molecule has 2 fully saturated rings. The Balaban J connectivity index is 1.52. The molecule has 1 aliphatic heterocycles. The average molecular weight is 357 g/mol. The minimum Gasteiger partial charge on any atom is -0.474 e. The number of hydrogen-bond acceptors (Lipinski definition) is 5. The van der Waals surface area contributed by atoms with Crippen LogP contribution in [0.1, 0.15) is 55.4 Å². The van der Waals surface area contributed by atoms with Crippen LogP contribution in [0.15, 0.2) is 12.1 Å². The summed E-state index contributed by atoms with van der Waals surface area (Å²) in [5, 5.41) is 11.6. The molecule has 1 saturated heterocycles. The molecule has 0 unspecified atom stereocenters. The lowest BCUT2D eigenvalue weighted by atomic mass is 9.98. The molecule has 1 amide bonds. The van der Waals surface area contributed by atoms with E-state index in [-0.39, 0.29) is 18.1 Å². The van der Waals surface area contributed by atoms with Crippen LogP contribution in [0.25, 0.3) is 11.0 Å². The second kappa shape index (κ2) is 7.61. The second-order valence-corrected chi connectivity index (χ2v) is 7.37. The first-order valence-electron chi connectivity index (χ1n) is 9.73. The number of nitrogens with one attached hydrogen (secondary N) is 2. The van der Waals surface area contributed by atoms with Gasteiger partial charge in [-0.1, -0.05) is 6.42 Å². The average Bonchev–Trinajstić information content (AvgIpc) is 3.00. The van der Waals surface area contributed by atoms with Crippen molar-refractivity contribution in [1.82, 2.24) is 25.4 Å². The van der Waals surface area contributed by atoms with Crippen molar-refractivity contribution in [3.63, 3.8) is 0 Å². The Hall–Kier alpha value is -2.15. The zero-order valence-electron chi connectivity index (χ0n) is 15.3. The van der Waals surface area contributed by atoms with Crippen molar-refractivity contribution >= 4 is 16.9 Å². The number of carbonyl (C=O) groups is 1. The Morgan fingerprint density at radius 2 is 1.96 bits per heavy atom. The first-order chi connectivity index (χ1) is 12.7. The minimum atomic E-state index is -0.120. The molecule has 0 bridgehead atoms. The number of pyridine rings is 1. The number of carbonyl (C=O) groups excluding carboxylic acids is 1. The molecular formula is C19H27N5O2. The van der Waals surface area contributed by atoms with E-state index in [4.69, 9.17) is 4.74 Å². The predicted octanol–water partition coefficient (Wildman–Crippen LogP) is 2.16. The summed E-state index contributed by atoms with van der Waals surface area (Å²) in [4.78, 5) is 17.3. The molecule has 4 rings (SSSR count). The second-order valence-electron chi connectivity index (χ2n) is 7.37. The van der Waals surface area contributed by atoms with E-state index in [1.165, 1.54) is 19.3 Å². The smallest absolute Gasteiger partial charge is 0.272 e. The molecule has 2 aliphatic rings. The van der Waals surface area contributed by atoms with Gasteiger partial charge in [-0.25, -0.2) is 4.68 Å². The summed E-state index contributed by atoms with van der Waals surface area (Å²) in [7, 11) is 1.82. The third-order valence-electron chi connectivity index (χ3n) is 5.39. The lowest BCUT2D eigenvalue weighted by molar-refractivity contribution is 0.0925. The maximum Gasteiger partial charge on any atom is 0.272 e. The predicted molar refractivity (Wildman–Crippen MR) is 99.4 cm³/mol. The normalized spacial score (nSPS) is 19.6. The van der Waals surface area contributed by atoms with E-state index >= 15 is 0 Å². The van der Waals surface area contributed by atoms with Crippen LogP contribution in [0.3, 0.4) is 0 Å². The van der Waals surface area contributed by atoms with E-state index in [2.05, 4.69) is 20.7 Å². The molecule has 0 radical (unpaired) electrons. The van der Waals surface area contributed by atoms with E-state index in [1.54, 1.807) is 4.68 Å². The lowest BCUT2D eigenvalue weighted by Gasteiger charge is -2.23. The molecule has 3 heterocycles. The van der Waals surface area contributed by atoms with E-state index in [0.717, 1.165) is 44.2 Å². The number of piperidine rings is 1. The number of fused-ring (bicyclic) bond motifs is 1. The van der Waals surface area contributed by atoms with Crippen molar-refractivity contribution in [3.05, 3.63) is 17.8 Å². The van der Waals surface area contributed by atoms with E-state index in [0.29, 0.717) is 17.2 Å². The number of aryl methyl sites for hydroxylation is 1. The van der Waals surface area contributed by atoms with Crippen LogP contribution in [-0.4, -0.2) is 45.9 Å². The highest BCUT2D eigenvalue weighted by Gasteiger charge is 2.22. The number of nitrogens with zero attached hydrogens (tertiary/aromatic N) is 3. The summed E-state index contributed by atoms with van der Waals surface area (Å²) in [6, 6.07) is 3.98. The molecule has 2 aromatic heterocycles. The third kappa shape index (κ3) is 3.67. The highest BCUT2D eigenvalue weighted by Crippen LogP contribution is 2.25. The Bertz CT molecular complexity index is 776. The SMILES string of the molecule is Cn1nc(C(=O)NC2CCNCC2)c2ccc(OC3CCCCC3)nc21. The summed E-state index contributed by atoms with van der Waals surface area (Å²) in [5.41, 5.74) is 1.13. The van der Waals surface area contributed by atoms with Gasteiger partial charge in [0.2, 0.25) is 5.88 Å². The fourth-order valence-corrected chi connectivity index (χ4v) is 3.92. The molecule has 140 valence electrons. The van der Waals surface area contributed by atoms with Gasteiger partial charge in [0.15, 0.2) is 11.3 Å². The molecule has 7 heteroatoms. The van der Waals surface area contributed by atoms with Crippen LogP contribution in [0, 0.1) is 0 Å². The summed E-state index contributed by atoms with van der Waals surface area (Å²) in [5.74, 6) is 0.503. The van der Waals surface area contributed by atoms with Crippen LogP contribution in [0.5, 0.6) is 5.88 Å². The van der Waals surface area contributed by atoms with Gasteiger partial charge in [-0.15, -0.1) is 0 Å². The molecule has 2 N–H and O–H groups in total. The maximum atomic E-state index is 12.7. The third-order valence-corrected chi connectivity index (χ3v) is 5.39. The summed E-state index contributed by atoms with van der Waals surface area (Å²) >= 11 is 0. The van der Waals surface area contributed by atoms with Crippen LogP contribution in [0.2, 0.25) is 0 Å². The highest BCUT2D eigenvalue weighted by atomic mass is 16.5. The van der Waals surface area contributed by atoms with Gasteiger partial charge in [-0.3, -0.25) is 4.79 Å². The summed E-state index contributed by atoms with van der Waals surface area (Å²) in [6.45, 7) is 1.88. The molecule has 0 aromatic carbocycles. The molecule has 0 spiro atoms. The molecule has 2 aromatic rings. The van der Waals surface area contributed by atoms with E-state index in [9.17, 15) is 4.79 Å². The maximum absolute atomic E-state index is 12.7. The summed E-state index contributed by atoms with van der Waals surface area (Å²) in [6.07, 6.45) is 8.08. The van der Waals surface area contributed by atoms with Gasteiger partial charge in [0, 0.05) is 19.2 Å². The van der Waals surface area contributed by atoms with Crippen LogP contribution in [0.4, 0.5) is 0 Å². The Morgan fingerprint density at radius 1 is 1.19 bits per heavy atom. The van der Waals surface area contributed by atoms with Crippen LogP contribution >= 0.6 is 0 Å². The Morgan fingerprint density at radius 3 is 2.73 bits per heavy atom. The van der Waals surface area contributed by atoms with E-state index in [1.807, 2.05) is 19.2 Å². The number of ether oxygens (including phenoxy) is 1. The zero-order chi connectivity index (χ0) is 17.9. The van der Waals surface area contributed by atoms with Crippen molar-refractivity contribution < 1.29 is 9.53 Å². The van der Waals surface area contributed by atoms with Gasteiger partial charge in [0.1, 0.15) is 6.10 Å². The quantitative estimate of drug-likeness (QED) is 0.876. The monoisotopic (exact) mass is 357 g/mol. The first-order valence-corrected chi connectivity index (χ1v) is 9.73. The van der Waals surface area contributed by atoms with Crippen LogP contribution in [-0.2, 0) is 7.05 Å². The number of aromatic nitrogens is 3. The fourth-order valence-electron chi connectivity index (χ4n) is 3.92. The topological polar surface area (TPSA) is 81.1 Å². The minimum absolute atomic E-state index is 0.120. The molecule has 0 atom stereocenters. The molecule has 1 aliphatic carbocycles. The standard InChI is InChI=1S/C19H27N5O2/c1-24-18-15(7-8-16(22-18)26-14-5-3-2-4-6-14)17(23-24)19(25)21-13-9-11-20-12-10-13/h7-8,13-14,20H,2-6,9-12H2,1H3,(H,21,25). The van der Waals surface area contributed by atoms with Crippen molar-refractivity contribution in [3.8, 4) is 5.88 Å². The van der Waals surface area contributed by atoms with Crippen molar-refractivity contribution in [2.24, 2.45) is 7.05 Å². The van der Waals surface area contributed by atoms with Gasteiger partial charge >= 0.3 is 0 Å².